The molecule has 19 heavy (non-hydrogen) atoms. The van der Waals surface area contributed by atoms with Gasteiger partial charge in [-0.15, -0.1) is 0 Å². The quantitative estimate of drug-likeness (QED) is 0.802. The zero-order valence-corrected chi connectivity index (χ0v) is 11.9. The lowest BCUT2D eigenvalue weighted by Crippen LogP contribution is -2.32. The second-order valence-corrected chi connectivity index (χ2v) is 4.86. The van der Waals surface area contributed by atoms with E-state index in [9.17, 15) is 9.90 Å². The molecule has 0 aliphatic carbocycles. The van der Waals surface area contributed by atoms with Crippen molar-refractivity contribution in [3.63, 3.8) is 0 Å². The molecule has 0 heterocycles. The van der Waals surface area contributed by atoms with Gasteiger partial charge in [0.25, 0.3) is 0 Å². The highest BCUT2D eigenvalue weighted by Gasteiger charge is 2.27. The maximum Gasteiger partial charge on any atom is 0.325 e. The molecule has 0 bridgehead atoms. The molecule has 0 aliphatic heterocycles. The van der Waals surface area contributed by atoms with Crippen molar-refractivity contribution in [1.82, 2.24) is 4.90 Å². The molecular formula is C15H21NO3. The SMILES string of the molecule is C=C(C)CN(C)C(C(=O)O)c1cc(C)ccc1OC. The van der Waals surface area contributed by atoms with Crippen molar-refractivity contribution in [1.29, 1.82) is 0 Å². The predicted molar refractivity (Wildman–Crippen MR) is 75.6 cm³/mol. The van der Waals surface area contributed by atoms with Crippen molar-refractivity contribution in [2.45, 2.75) is 19.9 Å². The van der Waals surface area contributed by atoms with Crippen LogP contribution < -0.4 is 4.74 Å². The van der Waals surface area contributed by atoms with Gasteiger partial charge >= 0.3 is 5.97 Å². The zero-order valence-electron chi connectivity index (χ0n) is 11.9. The molecule has 1 aromatic carbocycles. The summed E-state index contributed by atoms with van der Waals surface area (Å²) in [6.07, 6.45) is 0. The number of carboxylic acid groups (broad SMARTS) is 1. The van der Waals surface area contributed by atoms with Gasteiger partial charge in [-0.25, -0.2) is 0 Å². The Balaban J connectivity index is 3.22. The van der Waals surface area contributed by atoms with Gasteiger partial charge in [0.2, 0.25) is 0 Å². The van der Waals surface area contributed by atoms with Crippen LogP contribution in [0.25, 0.3) is 0 Å². The summed E-state index contributed by atoms with van der Waals surface area (Å²) in [5.41, 5.74) is 2.59. The van der Waals surface area contributed by atoms with Crippen LogP contribution in [0.3, 0.4) is 0 Å². The lowest BCUT2D eigenvalue weighted by atomic mass is 10.0. The molecule has 0 radical (unpaired) electrons. The summed E-state index contributed by atoms with van der Waals surface area (Å²) in [4.78, 5) is 13.3. The molecule has 0 saturated heterocycles. The summed E-state index contributed by atoms with van der Waals surface area (Å²) < 4.78 is 5.27. The largest absolute Gasteiger partial charge is 0.496 e. The molecule has 0 aromatic heterocycles. The number of hydrogen-bond acceptors (Lipinski definition) is 3. The highest BCUT2D eigenvalue weighted by atomic mass is 16.5. The minimum Gasteiger partial charge on any atom is -0.496 e. The molecule has 0 saturated carbocycles. The molecule has 1 atom stereocenters. The summed E-state index contributed by atoms with van der Waals surface area (Å²) in [7, 11) is 3.32. The first kappa shape index (κ1) is 15.2. The number of rotatable bonds is 6. The minimum atomic E-state index is -0.896. The summed E-state index contributed by atoms with van der Waals surface area (Å²) in [6.45, 7) is 8.16. The van der Waals surface area contributed by atoms with E-state index in [1.54, 1.807) is 25.1 Å². The molecule has 104 valence electrons. The van der Waals surface area contributed by atoms with Gasteiger partial charge in [0.15, 0.2) is 0 Å². The molecule has 1 rings (SSSR count). The van der Waals surface area contributed by atoms with Gasteiger partial charge in [0.05, 0.1) is 7.11 Å². The molecule has 1 aromatic rings. The normalized spacial score (nSPS) is 12.3. The molecule has 1 N–H and O–H groups in total. The first-order chi connectivity index (χ1) is 8.86. The number of carbonyl (C=O) groups is 1. The average molecular weight is 263 g/mol. The lowest BCUT2D eigenvalue weighted by molar-refractivity contribution is -0.142. The zero-order chi connectivity index (χ0) is 14.6. The number of benzene rings is 1. The van der Waals surface area contributed by atoms with E-state index >= 15 is 0 Å². The molecule has 0 spiro atoms. The number of hydrogen-bond donors (Lipinski definition) is 1. The van der Waals surface area contributed by atoms with Crippen LogP contribution in [0.1, 0.15) is 24.1 Å². The van der Waals surface area contributed by atoms with Crippen molar-refractivity contribution in [2.75, 3.05) is 20.7 Å². The highest BCUT2D eigenvalue weighted by Crippen LogP contribution is 2.30. The fourth-order valence-corrected chi connectivity index (χ4v) is 2.14. The summed E-state index contributed by atoms with van der Waals surface area (Å²) in [5.74, 6) is -0.306. The topological polar surface area (TPSA) is 49.8 Å². The smallest absolute Gasteiger partial charge is 0.325 e. The average Bonchev–Trinajstić information content (AvgIpc) is 2.27. The van der Waals surface area contributed by atoms with Crippen LogP contribution in [0.5, 0.6) is 5.75 Å². The minimum absolute atomic E-state index is 0.522. The molecule has 0 aliphatic rings. The molecule has 1 unspecified atom stereocenters. The molecule has 4 nitrogen and oxygen atoms in total. The Morgan fingerprint density at radius 2 is 2.16 bits per heavy atom. The van der Waals surface area contributed by atoms with E-state index in [0.29, 0.717) is 17.9 Å². The fourth-order valence-electron chi connectivity index (χ4n) is 2.14. The fraction of sp³-hybridized carbons (Fsp3) is 0.400. The van der Waals surface area contributed by atoms with E-state index in [-0.39, 0.29) is 0 Å². The van der Waals surface area contributed by atoms with Crippen molar-refractivity contribution in [3.8, 4) is 5.75 Å². The van der Waals surface area contributed by atoms with Crippen LogP contribution in [0.4, 0.5) is 0 Å². The maximum atomic E-state index is 11.6. The summed E-state index contributed by atoms with van der Waals surface area (Å²) in [6, 6.07) is 4.81. The summed E-state index contributed by atoms with van der Waals surface area (Å²) in [5, 5.41) is 9.49. The Kier molecular flexibility index (Phi) is 5.12. The monoisotopic (exact) mass is 263 g/mol. The number of methoxy groups -OCH3 is 1. The second-order valence-electron chi connectivity index (χ2n) is 4.86. The Morgan fingerprint density at radius 3 is 2.63 bits per heavy atom. The van der Waals surface area contributed by atoms with Gasteiger partial charge in [-0.05, 0) is 27.0 Å². The Labute approximate surface area is 114 Å². The number of nitrogens with zero attached hydrogens (tertiary/aromatic N) is 1. The Bertz CT molecular complexity index is 482. The second kappa shape index (κ2) is 6.38. The molecule has 0 fully saturated rings. The molecule has 4 heteroatoms. The van der Waals surface area contributed by atoms with Crippen molar-refractivity contribution >= 4 is 5.97 Å². The lowest BCUT2D eigenvalue weighted by Gasteiger charge is -2.26. The Morgan fingerprint density at radius 1 is 1.53 bits per heavy atom. The number of likely N-dealkylation sites (N-methyl/N-ethyl adjacent to an activating group) is 1. The van der Waals surface area contributed by atoms with Gasteiger partial charge in [-0.1, -0.05) is 29.8 Å². The van der Waals surface area contributed by atoms with E-state index in [0.717, 1.165) is 11.1 Å². The van der Waals surface area contributed by atoms with Gasteiger partial charge in [-0.3, -0.25) is 9.69 Å². The van der Waals surface area contributed by atoms with E-state index in [2.05, 4.69) is 6.58 Å². The maximum absolute atomic E-state index is 11.6. The first-order valence-corrected chi connectivity index (χ1v) is 6.08. The van der Waals surface area contributed by atoms with Crippen LogP contribution >= 0.6 is 0 Å². The van der Waals surface area contributed by atoms with Crippen molar-refractivity contribution in [3.05, 3.63) is 41.5 Å². The molecular weight excluding hydrogens is 242 g/mol. The van der Waals surface area contributed by atoms with Crippen LogP contribution in [0.15, 0.2) is 30.4 Å². The van der Waals surface area contributed by atoms with Crippen LogP contribution in [0.2, 0.25) is 0 Å². The number of aryl methyl sites for hydroxylation is 1. The first-order valence-electron chi connectivity index (χ1n) is 6.08. The third-order valence-corrected chi connectivity index (χ3v) is 2.87. The standard InChI is InChI=1S/C15H21NO3/c1-10(2)9-16(4)14(15(17)18)12-8-11(3)6-7-13(12)19-5/h6-8,14H,1,9H2,2-5H3,(H,17,18). The number of carboxylic acids is 1. The van der Waals surface area contributed by atoms with Crippen LogP contribution in [-0.2, 0) is 4.79 Å². The third kappa shape index (κ3) is 3.83. The molecule has 0 amide bonds. The van der Waals surface area contributed by atoms with E-state index in [1.165, 1.54) is 0 Å². The van der Waals surface area contributed by atoms with Crippen molar-refractivity contribution < 1.29 is 14.6 Å². The van der Waals surface area contributed by atoms with E-state index < -0.39 is 12.0 Å². The van der Waals surface area contributed by atoms with Crippen molar-refractivity contribution in [2.24, 2.45) is 0 Å². The third-order valence-electron chi connectivity index (χ3n) is 2.87. The Hall–Kier alpha value is -1.81. The summed E-state index contributed by atoms with van der Waals surface area (Å²) >= 11 is 0. The number of aliphatic carboxylic acids is 1. The highest BCUT2D eigenvalue weighted by molar-refractivity contribution is 5.77. The van der Waals surface area contributed by atoms with Gasteiger partial charge in [0.1, 0.15) is 11.8 Å². The van der Waals surface area contributed by atoms with Crippen LogP contribution in [-0.4, -0.2) is 36.7 Å². The van der Waals surface area contributed by atoms with E-state index in [1.807, 2.05) is 26.0 Å². The van der Waals surface area contributed by atoms with E-state index in [4.69, 9.17) is 4.74 Å². The van der Waals surface area contributed by atoms with Gasteiger partial charge < -0.3 is 9.84 Å². The number of ether oxygens (including phenoxy) is 1. The van der Waals surface area contributed by atoms with Crippen LogP contribution in [0, 0.1) is 6.92 Å². The van der Waals surface area contributed by atoms with Gasteiger partial charge in [-0.2, -0.15) is 0 Å². The predicted octanol–water partition coefficient (Wildman–Crippen LogP) is 2.64. The van der Waals surface area contributed by atoms with Gasteiger partial charge in [0, 0.05) is 12.1 Å².